The third kappa shape index (κ3) is 4.96. The van der Waals surface area contributed by atoms with E-state index in [2.05, 4.69) is 20.3 Å². The molecule has 1 aliphatic rings. The minimum Gasteiger partial charge on any atom is -0.363 e. The molecule has 36 heavy (non-hydrogen) atoms. The molecule has 1 atom stereocenters. The lowest BCUT2D eigenvalue weighted by molar-refractivity contribution is -0.138. The molecule has 0 bridgehead atoms. The standard InChI is InChI=1S/C25H29F3N5O2P/c1-14-19(7-6-8-21(14)25(26,27)28)15(2)29-23-20-13-22(16(3)30-24(20)32-17(4)31-23)36(35)11-9-33(10-12-36)18(5)34/h6-8,13,15H,9-12H2,1-5H3,(H,29,30,31,32)/t15-/m1/s1. The Kier molecular flexibility index (Phi) is 6.86. The summed E-state index contributed by atoms with van der Waals surface area (Å²) in [6, 6.07) is 5.44. The molecule has 0 unspecified atom stereocenters. The van der Waals surface area contributed by atoms with E-state index in [-0.39, 0.29) is 11.5 Å². The molecule has 0 aliphatic carbocycles. The number of pyridine rings is 1. The predicted molar refractivity (Wildman–Crippen MR) is 134 cm³/mol. The molecular formula is C25H29F3N5O2P. The summed E-state index contributed by atoms with van der Waals surface area (Å²) >= 11 is 0. The van der Waals surface area contributed by atoms with Gasteiger partial charge in [0, 0.05) is 37.6 Å². The van der Waals surface area contributed by atoms with Crippen LogP contribution in [0.5, 0.6) is 0 Å². The second kappa shape index (κ2) is 9.47. The van der Waals surface area contributed by atoms with Gasteiger partial charge in [0.05, 0.1) is 22.7 Å². The van der Waals surface area contributed by atoms with E-state index in [0.717, 1.165) is 6.07 Å². The SMILES string of the molecule is CC(=O)N1CCP(=O)(c2cc3c(N[C@H](C)c4cccc(C(F)(F)F)c4C)nc(C)nc3nc2C)CC1. The van der Waals surface area contributed by atoms with E-state index in [9.17, 15) is 22.5 Å². The zero-order valence-electron chi connectivity index (χ0n) is 20.9. The summed E-state index contributed by atoms with van der Waals surface area (Å²) in [7, 11) is -2.81. The first-order valence-electron chi connectivity index (χ1n) is 11.7. The number of aryl methyl sites for hydroxylation is 2. The number of aromatic nitrogens is 3. The van der Waals surface area contributed by atoms with Crippen LogP contribution in [-0.4, -0.2) is 51.2 Å². The monoisotopic (exact) mass is 519 g/mol. The van der Waals surface area contributed by atoms with Crippen LogP contribution in [0.1, 0.15) is 48.1 Å². The third-order valence-corrected chi connectivity index (χ3v) is 9.99. The number of nitrogens with zero attached hydrogens (tertiary/aromatic N) is 4. The Bertz CT molecular complexity index is 1380. The van der Waals surface area contributed by atoms with Gasteiger partial charge in [-0.05, 0) is 51.0 Å². The average Bonchev–Trinajstić information content (AvgIpc) is 2.78. The quantitative estimate of drug-likeness (QED) is 0.489. The van der Waals surface area contributed by atoms with Gasteiger partial charge in [-0.2, -0.15) is 13.2 Å². The number of hydrogen-bond acceptors (Lipinski definition) is 6. The number of rotatable bonds is 4. The van der Waals surface area contributed by atoms with Crippen molar-refractivity contribution in [1.82, 2.24) is 19.9 Å². The predicted octanol–water partition coefficient (Wildman–Crippen LogP) is 4.99. The van der Waals surface area contributed by atoms with E-state index in [1.807, 2.05) is 0 Å². The second-order valence-corrected chi connectivity index (χ2v) is 12.5. The number of benzene rings is 1. The lowest BCUT2D eigenvalue weighted by atomic mass is 9.97. The van der Waals surface area contributed by atoms with Crippen molar-refractivity contribution < 1.29 is 22.5 Å². The molecule has 7 nitrogen and oxygen atoms in total. The summed E-state index contributed by atoms with van der Waals surface area (Å²) in [5.41, 5.74) is 1.02. The normalized spacial score (nSPS) is 16.7. The summed E-state index contributed by atoms with van der Waals surface area (Å²) < 4.78 is 54.3. The maximum atomic E-state index is 13.9. The molecule has 1 fully saturated rings. The molecule has 1 saturated heterocycles. The zero-order valence-corrected chi connectivity index (χ0v) is 21.8. The van der Waals surface area contributed by atoms with E-state index in [0.29, 0.717) is 64.7 Å². The molecule has 0 spiro atoms. The van der Waals surface area contributed by atoms with Crippen LogP contribution in [0, 0.1) is 20.8 Å². The van der Waals surface area contributed by atoms with Gasteiger partial charge in [0.1, 0.15) is 18.8 Å². The Balaban J connectivity index is 1.74. The summed E-state index contributed by atoms with van der Waals surface area (Å²) in [5.74, 6) is 0.840. The highest BCUT2D eigenvalue weighted by Crippen LogP contribution is 2.47. The maximum Gasteiger partial charge on any atom is 0.416 e. The van der Waals surface area contributed by atoms with E-state index < -0.39 is 24.9 Å². The molecule has 192 valence electrons. The lowest BCUT2D eigenvalue weighted by Crippen LogP contribution is -2.40. The van der Waals surface area contributed by atoms with Gasteiger partial charge in [0.15, 0.2) is 5.65 Å². The highest BCUT2D eigenvalue weighted by atomic mass is 31.2. The van der Waals surface area contributed by atoms with Gasteiger partial charge < -0.3 is 14.8 Å². The number of carbonyl (C=O) groups excluding carboxylic acids is 1. The minimum atomic E-state index is -4.45. The van der Waals surface area contributed by atoms with Gasteiger partial charge in [-0.15, -0.1) is 0 Å². The highest BCUT2D eigenvalue weighted by Gasteiger charge is 2.35. The molecule has 3 aromatic rings. The molecule has 1 aliphatic heterocycles. The van der Waals surface area contributed by atoms with Crippen LogP contribution < -0.4 is 10.6 Å². The Morgan fingerprint density at radius 1 is 1.11 bits per heavy atom. The van der Waals surface area contributed by atoms with Gasteiger partial charge in [-0.25, -0.2) is 15.0 Å². The smallest absolute Gasteiger partial charge is 0.363 e. The second-order valence-electron chi connectivity index (χ2n) is 9.31. The largest absolute Gasteiger partial charge is 0.416 e. The molecule has 1 N–H and O–H groups in total. The maximum absolute atomic E-state index is 13.9. The number of fused-ring (bicyclic) bond motifs is 1. The fraction of sp³-hybridized carbons (Fsp3) is 0.440. The van der Waals surface area contributed by atoms with E-state index in [4.69, 9.17) is 0 Å². The van der Waals surface area contributed by atoms with Crippen molar-refractivity contribution in [1.29, 1.82) is 0 Å². The Morgan fingerprint density at radius 3 is 2.39 bits per heavy atom. The number of alkyl halides is 3. The topological polar surface area (TPSA) is 88.1 Å². The Hall–Kier alpha value is -3.00. The van der Waals surface area contributed by atoms with Crippen LogP contribution >= 0.6 is 7.14 Å². The first kappa shape index (κ1) is 26.1. The molecule has 4 rings (SSSR count). The zero-order chi connectivity index (χ0) is 26.4. The first-order chi connectivity index (χ1) is 16.8. The number of nitrogens with one attached hydrogen (secondary N) is 1. The summed E-state index contributed by atoms with van der Waals surface area (Å²) in [4.78, 5) is 27.0. The van der Waals surface area contributed by atoms with Crippen LogP contribution in [0.4, 0.5) is 19.0 Å². The molecule has 11 heteroatoms. The van der Waals surface area contributed by atoms with Crippen LogP contribution in [-0.2, 0) is 15.5 Å². The van der Waals surface area contributed by atoms with Crippen molar-refractivity contribution in [3.8, 4) is 0 Å². The number of carbonyl (C=O) groups is 1. The fourth-order valence-electron chi connectivity index (χ4n) is 4.82. The van der Waals surface area contributed by atoms with Crippen molar-refractivity contribution in [2.75, 3.05) is 30.7 Å². The van der Waals surface area contributed by atoms with Crippen molar-refractivity contribution in [3.63, 3.8) is 0 Å². The minimum absolute atomic E-state index is 0.0381. The molecule has 0 radical (unpaired) electrons. The number of halogens is 3. The van der Waals surface area contributed by atoms with Crippen LogP contribution in [0.2, 0.25) is 0 Å². The molecule has 3 heterocycles. The average molecular weight is 520 g/mol. The van der Waals surface area contributed by atoms with Gasteiger partial charge in [-0.3, -0.25) is 4.79 Å². The van der Waals surface area contributed by atoms with Crippen LogP contribution in [0.15, 0.2) is 24.3 Å². The van der Waals surface area contributed by atoms with E-state index in [1.165, 1.54) is 19.9 Å². The summed E-state index contributed by atoms with van der Waals surface area (Å²) in [6.45, 7) is 9.09. The molecular weight excluding hydrogens is 490 g/mol. The van der Waals surface area contributed by atoms with E-state index >= 15 is 0 Å². The van der Waals surface area contributed by atoms with Crippen molar-refractivity contribution in [2.24, 2.45) is 0 Å². The van der Waals surface area contributed by atoms with Crippen molar-refractivity contribution >= 4 is 35.2 Å². The Morgan fingerprint density at radius 2 is 1.78 bits per heavy atom. The summed E-state index contributed by atoms with van der Waals surface area (Å²) in [5, 5.41) is 4.44. The van der Waals surface area contributed by atoms with E-state index in [1.54, 1.807) is 37.8 Å². The molecule has 2 aromatic heterocycles. The number of anilines is 1. The van der Waals surface area contributed by atoms with Gasteiger partial charge in [0.2, 0.25) is 5.91 Å². The molecule has 1 aromatic carbocycles. The molecule has 0 saturated carbocycles. The third-order valence-electron chi connectivity index (χ3n) is 6.81. The lowest BCUT2D eigenvalue weighted by Gasteiger charge is -2.32. The van der Waals surface area contributed by atoms with Gasteiger partial charge in [0.25, 0.3) is 0 Å². The van der Waals surface area contributed by atoms with Crippen molar-refractivity contribution in [3.05, 3.63) is 52.5 Å². The number of amides is 1. The number of hydrogen-bond donors (Lipinski definition) is 1. The van der Waals surface area contributed by atoms with Crippen molar-refractivity contribution in [2.45, 2.75) is 46.8 Å². The Labute approximate surface area is 207 Å². The van der Waals surface area contributed by atoms with Crippen LogP contribution in [0.25, 0.3) is 11.0 Å². The van der Waals surface area contributed by atoms with Crippen LogP contribution in [0.3, 0.4) is 0 Å². The van der Waals surface area contributed by atoms with Gasteiger partial charge in [-0.1, -0.05) is 12.1 Å². The fourth-order valence-corrected chi connectivity index (χ4v) is 7.66. The first-order valence-corrected chi connectivity index (χ1v) is 13.8. The highest BCUT2D eigenvalue weighted by molar-refractivity contribution is 7.71. The summed E-state index contributed by atoms with van der Waals surface area (Å²) in [6.07, 6.45) is -3.70. The van der Waals surface area contributed by atoms with Gasteiger partial charge >= 0.3 is 6.18 Å². The molecule has 1 amide bonds.